The molecule has 0 heterocycles. The van der Waals surface area contributed by atoms with E-state index >= 15 is 0 Å². The number of anilines is 2. The molecule has 0 saturated carbocycles. The van der Waals surface area contributed by atoms with E-state index in [0.717, 1.165) is 30.9 Å². The van der Waals surface area contributed by atoms with Crippen molar-refractivity contribution in [2.45, 2.75) is 38.0 Å². The molecule has 7 nitrogen and oxygen atoms in total. The van der Waals surface area contributed by atoms with E-state index in [1.54, 1.807) is 19.1 Å². The Hall–Kier alpha value is -3.72. The lowest BCUT2D eigenvalue weighted by Crippen LogP contribution is -2.21. The fourth-order valence-corrected chi connectivity index (χ4v) is 4.31. The van der Waals surface area contributed by atoms with E-state index in [2.05, 4.69) is 17.0 Å². The Kier molecular flexibility index (Phi) is 8.59. The summed E-state index contributed by atoms with van der Waals surface area (Å²) in [6.07, 6.45) is 3.05. The van der Waals surface area contributed by atoms with Crippen LogP contribution in [0.1, 0.15) is 41.3 Å². The summed E-state index contributed by atoms with van der Waals surface area (Å²) >= 11 is 0. The van der Waals surface area contributed by atoms with Crippen molar-refractivity contribution >= 4 is 33.3 Å². The first-order chi connectivity index (χ1) is 16.7. The average Bonchev–Trinajstić information content (AvgIpc) is 2.84. The fourth-order valence-electron chi connectivity index (χ4n) is 3.21. The van der Waals surface area contributed by atoms with Gasteiger partial charge in [-0.25, -0.2) is 17.6 Å². The Labute approximate surface area is 204 Å². The molecule has 184 valence electrons. The molecule has 0 unspecified atom stereocenters. The molecule has 0 aromatic heterocycles. The van der Waals surface area contributed by atoms with Crippen molar-refractivity contribution in [2.75, 3.05) is 16.6 Å². The van der Waals surface area contributed by atoms with Gasteiger partial charge in [0.2, 0.25) is 0 Å². The Balaban J connectivity index is 1.61. The number of nitrogens with one attached hydrogen (secondary N) is 2. The molecule has 0 aliphatic heterocycles. The van der Waals surface area contributed by atoms with Gasteiger partial charge in [-0.05, 0) is 73.4 Å². The van der Waals surface area contributed by atoms with Gasteiger partial charge in [-0.2, -0.15) is 0 Å². The minimum Gasteiger partial charge on any atom is -0.452 e. The largest absolute Gasteiger partial charge is 0.452 e. The van der Waals surface area contributed by atoms with Gasteiger partial charge < -0.3 is 10.1 Å². The zero-order valence-corrected chi connectivity index (χ0v) is 20.3. The lowest BCUT2D eigenvalue weighted by Gasteiger charge is -2.11. The van der Waals surface area contributed by atoms with Crippen molar-refractivity contribution in [3.05, 3.63) is 89.2 Å². The second-order valence-corrected chi connectivity index (χ2v) is 9.70. The fraction of sp³-hybridized carbons (Fsp3) is 0.231. The molecule has 0 aliphatic carbocycles. The maximum Gasteiger partial charge on any atom is 0.338 e. The molecule has 0 spiro atoms. The molecular weight excluding hydrogens is 471 g/mol. The number of benzene rings is 3. The van der Waals surface area contributed by atoms with Crippen LogP contribution in [-0.2, 0) is 26.0 Å². The standard InChI is InChI=1S/C26H27FN2O5S/c1-3-4-6-19-10-13-21(14-11-19)29-35(32,33)23-8-5-7-20(15-23)26(31)34-17-25(30)28-22-12-9-18(2)24(27)16-22/h5,7-16,29H,3-4,6,17H2,1-2H3,(H,28,30). The highest BCUT2D eigenvalue weighted by Gasteiger charge is 2.18. The lowest BCUT2D eigenvalue weighted by atomic mass is 10.1. The quantitative estimate of drug-likeness (QED) is 0.380. The van der Waals surface area contributed by atoms with Crippen molar-refractivity contribution in [2.24, 2.45) is 0 Å². The minimum atomic E-state index is -3.95. The molecular formula is C26H27FN2O5S. The van der Waals surface area contributed by atoms with Crippen LogP contribution in [0.25, 0.3) is 0 Å². The lowest BCUT2D eigenvalue weighted by molar-refractivity contribution is -0.119. The molecule has 1 amide bonds. The van der Waals surface area contributed by atoms with Crippen LogP contribution < -0.4 is 10.0 Å². The van der Waals surface area contributed by atoms with E-state index in [0.29, 0.717) is 11.3 Å². The Morgan fingerprint density at radius 1 is 0.971 bits per heavy atom. The maximum absolute atomic E-state index is 13.6. The summed E-state index contributed by atoms with van der Waals surface area (Å²) in [5, 5.41) is 2.43. The number of hydrogen-bond acceptors (Lipinski definition) is 5. The number of rotatable bonds is 10. The third-order valence-corrected chi connectivity index (χ3v) is 6.57. The number of carbonyl (C=O) groups excluding carboxylic acids is 2. The van der Waals surface area contributed by atoms with Crippen molar-refractivity contribution in [3.63, 3.8) is 0 Å². The average molecular weight is 499 g/mol. The van der Waals surface area contributed by atoms with E-state index in [1.165, 1.54) is 36.4 Å². The van der Waals surface area contributed by atoms with Crippen LogP contribution >= 0.6 is 0 Å². The van der Waals surface area contributed by atoms with Gasteiger partial charge in [0.25, 0.3) is 15.9 Å². The van der Waals surface area contributed by atoms with Gasteiger partial charge in [-0.15, -0.1) is 0 Å². The highest BCUT2D eigenvalue weighted by molar-refractivity contribution is 7.92. The van der Waals surface area contributed by atoms with Gasteiger partial charge in [0, 0.05) is 11.4 Å². The van der Waals surface area contributed by atoms with Gasteiger partial charge in [0.1, 0.15) is 5.82 Å². The number of hydrogen-bond donors (Lipinski definition) is 2. The third kappa shape index (κ3) is 7.38. The Morgan fingerprint density at radius 3 is 2.37 bits per heavy atom. The topological polar surface area (TPSA) is 102 Å². The smallest absolute Gasteiger partial charge is 0.338 e. The first kappa shape index (κ1) is 25.9. The summed E-state index contributed by atoms with van der Waals surface area (Å²) in [6.45, 7) is 3.08. The predicted octanol–water partition coefficient (Wildman–Crippen LogP) is 5.07. The summed E-state index contributed by atoms with van der Waals surface area (Å²) in [6, 6.07) is 16.7. The van der Waals surface area contributed by atoms with E-state index in [1.807, 2.05) is 12.1 Å². The highest BCUT2D eigenvalue weighted by Crippen LogP contribution is 2.19. The van der Waals surface area contributed by atoms with Crippen LogP contribution in [0.4, 0.5) is 15.8 Å². The second-order valence-electron chi connectivity index (χ2n) is 8.02. The van der Waals surface area contributed by atoms with E-state index in [9.17, 15) is 22.4 Å². The van der Waals surface area contributed by atoms with Gasteiger partial charge in [0.15, 0.2) is 6.61 Å². The summed E-state index contributed by atoms with van der Waals surface area (Å²) in [5.41, 5.74) is 2.16. The van der Waals surface area contributed by atoms with Crippen molar-refractivity contribution < 1.29 is 27.1 Å². The molecule has 0 radical (unpaired) electrons. The molecule has 2 N–H and O–H groups in total. The van der Waals surface area contributed by atoms with Gasteiger partial charge >= 0.3 is 5.97 Å². The van der Waals surface area contributed by atoms with E-state index in [-0.39, 0.29) is 16.1 Å². The molecule has 3 aromatic rings. The monoisotopic (exact) mass is 498 g/mol. The Morgan fingerprint density at radius 2 is 1.69 bits per heavy atom. The van der Waals surface area contributed by atoms with Crippen LogP contribution in [0, 0.1) is 12.7 Å². The normalized spacial score (nSPS) is 11.1. The van der Waals surface area contributed by atoms with Crippen LogP contribution in [0.5, 0.6) is 0 Å². The van der Waals surface area contributed by atoms with Crippen LogP contribution in [-0.4, -0.2) is 26.9 Å². The minimum absolute atomic E-state index is 0.0306. The summed E-state index contributed by atoms with van der Waals surface area (Å²) in [4.78, 5) is 24.3. The molecule has 0 aliphatic rings. The third-order valence-electron chi connectivity index (χ3n) is 5.20. The summed E-state index contributed by atoms with van der Waals surface area (Å²) in [7, 11) is -3.95. The van der Waals surface area contributed by atoms with E-state index in [4.69, 9.17) is 4.74 Å². The molecule has 0 fully saturated rings. The zero-order chi connectivity index (χ0) is 25.4. The predicted molar refractivity (Wildman–Crippen MR) is 132 cm³/mol. The molecule has 3 rings (SSSR count). The summed E-state index contributed by atoms with van der Waals surface area (Å²) < 4.78 is 46.7. The molecule has 0 bridgehead atoms. The maximum atomic E-state index is 13.6. The number of sulfonamides is 1. The molecule has 0 atom stereocenters. The number of esters is 1. The van der Waals surface area contributed by atoms with Gasteiger partial charge in [-0.3, -0.25) is 9.52 Å². The number of aryl methyl sites for hydroxylation is 2. The van der Waals surface area contributed by atoms with Crippen molar-refractivity contribution in [1.82, 2.24) is 0 Å². The van der Waals surface area contributed by atoms with Crippen molar-refractivity contribution in [3.8, 4) is 0 Å². The van der Waals surface area contributed by atoms with Gasteiger partial charge in [-0.1, -0.05) is 37.6 Å². The van der Waals surface area contributed by atoms with Crippen LogP contribution in [0.3, 0.4) is 0 Å². The number of unbranched alkanes of at least 4 members (excludes halogenated alkanes) is 1. The zero-order valence-electron chi connectivity index (χ0n) is 19.5. The van der Waals surface area contributed by atoms with Crippen LogP contribution in [0.15, 0.2) is 71.6 Å². The molecule has 3 aromatic carbocycles. The number of ether oxygens (including phenoxy) is 1. The number of halogens is 1. The second kappa shape index (κ2) is 11.6. The number of carbonyl (C=O) groups is 2. The van der Waals surface area contributed by atoms with E-state index < -0.39 is 34.3 Å². The SMILES string of the molecule is CCCCc1ccc(NS(=O)(=O)c2cccc(C(=O)OCC(=O)Nc3ccc(C)c(F)c3)c2)cc1. The number of amides is 1. The molecule has 35 heavy (non-hydrogen) atoms. The molecule has 0 saturated heterocycles. The molecule has 9 heteroatoms. The highest BCUT2D eigenvalue weighted by atomic mass is 32.2. The first-order valence-electron chi connectivity index (χ1n) is 11.1. The van der Waals surface area contributed by atoms with Gasteiger partial charge in [0.05, 0.1) is 10.5 Å². The summed E-state index contributed by atoms with van der Waals surface area (Å²) in [5.74, 6) is -2.00. The first-order valence-corrected chi connectivity index (χ1v) is 12.6. The Bertz CT molecular complexity index is 1310. The van der Waals surface area contributed by atoms with Crippen molar-refractivity contribution in [1.29, 1.82) is 0 Å². The van der Waals surface area contributed by atoms with Crippen LogP contribution in [0.2, 0.25) is 0 Å².